The molecule has 2 atom stereocenters. The normalized spacial score (nSPS) is 26.1. The topological polar surface area (TPSA) is 98.8 Å². The molecular formula is C9H10N4O4. The van der Waals surface area contributed by atoms with Crippen LogP contribution >= 0.6 is 0 Å². The average molecular weight is 238 g/mol. The van der Waals surface area contributed by atoms with Gasteiger partial charge in [-0.05, 0) is 0 Å². The van der Waals surface area contributed by atoms with Crippen LogP contribution < -0.4 is 0 Å². The van der Waals surface area contributed by atoms with Crippen LogP contribution in [-0.4, -0.2) is 51.0 Å². The molecule has 2 aliphatic heterocycles. The first kappa shape index (κ1) is 10.1. The SMILES string of the molecule is COC(=O)[C@@H]1c2[nH]ncc2[C@H]2CN1C(=O)N2O. The van der Waals surface area contributed by atoms with Gasteiger partial charge in [0.25, 0.3) is 0 Å². The number of rotatable bonds is 1. The summed E-state index contributed by atoms with van der Waals surface area (Å²) in [5.41, 5.74) is 1.14. The zero-order valence-corrected chi connectivity index (χ0v) is 8.95. The van der Waals surface area contributed by atoms with Crippen molar-refractivity contribution in [1.82, 2.24) is 20.2 Å². The Kier molecular flexibility index (Phi) is 1.90. The number of hydrogen-bond acceptors (Lipinski definition) is 5. The van der Waals surface area contributed by atoms with E-state index in [2.05, 4.69) is 14.9 Å². The molecule has 0 saturated carbocycles. The monoisotopic (exact) mass is 238 g/mol. The number of H-pyrrole nitrogens is 1. The average Bonchev–Trinajstić information content (AvgIpc) is 2.90. The maximum Gasteiger partial charge on any atom is 0.345 e. The Balaban J connectivity index is 2.13. The molecule has 2 bridgehead atoms. The van der Waals surface area contributed by atoms with Gasteiger partial charge in [-0.2, -0.15) is 10.2 Å². The number of carbonyl (C=O) groups is 2. The Morgan fingerprint density at radius 2 is 2.47 bits per heavy atom. The van der Waals surface area contributed by atoms with Crippen molar-refractivity contribution in [2.24, 2.45) is 0 Å². The second-order valence-electron chi connectivity index (χ2n) is 3.96. The second-order valence-corrected chi connectivity index (χ2v) is 3.96. The third-order valence-corrected chi connectivity index (χ3v) is 3.17. The number of aromatic amines is 1. The zero-order valence-electron chi connectivity index (χ0n) is 8.95. The summed E-state index contributed by atoms with van der Waals surface area (Å²) >= 11 is 0. The molecule has 8 heteroatoms. The molecule has 1 aromatic heterocycles. The highest BCUT2D eigenvalue weighted by Gasteiger charge is 2.51. The van der Waals surface area contributed by atoms with Gasteiger partial charge in [0.05, 0.1) is 25.5 Å². The van der Waals surface area contributed by atoms with Gasteiger partial charge >= 0.3 is 12.0 Å². The van der Waals surface area contributed by atoms with Crippen LogP contribution in [0.2, 0.25) is 0 Å². The van der Waals surface area contributed by atoms with Gasteiger partial charge in [0.15, 0.2) is 6.04 Å². The summed E-state index contributed by atoms with van der Waals surface area (Å²) in [4.78, 5) is 24.7. The molecule has 1 saturated heterocycles. The van der Waals surface area contributed by atoms with Crippen molar-refractivity contribution in [1.29, 1.82) is 0 Å². The van der Waals surface area contributed by atoms with Gasteiger partial charge in [0.1, 0.15) is 6.04 Å². The quantitative estimate of drug-likeness (QED) is 0.521. The number of hydrogen-bond donors (Lipinski definition) is 2. The smallest absolute Gasteiger partial charge is 0.345 e. The largest absolute Gasteiger partial charge is 0.467 e. The summed E-state index contributed by atoms with van der Waals surface area (Å²) in [7, 11) is 1.25. The van der Waals surface area contributed by atoms with Crippen LogP contribution in [0.4, 0.5) is 4.79 Å². The molecule has 2 aliphatic rings. The number of urea groups is 1. The molecule has 2 amide bonds. The molecule has 0 aromatic carbocycles. The Labute approximate surface area is 95.7 Å². The van der Waals surface area contributed by atoms with E-state index in [-0.39, 0.29) is 6.54 Å². The Bertz CT molecular complexity index is 499. The number of hydroxylamine groups is 2. The first-order chi connectivity index (χ1) is 8.15. The van der Waals surface area contributed by atoms with Gasteiger partial charge in [-0.15, -0.1) is 0 Å². The summed E-state index contributed by atoms with van der Waals surface area (Å²) in [5.74, 6) is -0.558. The van der Waals surface area contributed by atoms with E-state index in [0.717, 1.165) is 0 Å². The third kappa shape index (κ3) is 1.12. The summed E-state index contributed by atoms with van der Waals surface area (Å²) in [6, 6.07) is -1.94. The fourth-order valence-electron chi connectivity index (χ4n) is 2.36. The van der Waals surface area contributed by atoms with E-state index in [9.17, 15) is 14.8 Å². The number of carbonyl (C=O) groups excluding carboxylic acids is 2. The van der Waals surface area contributed by atoms with Crippen LogP contribution in [0, 0.1) is 0 Å². The summed E-state index contributed by atoms with van der Waals surface area (Å²) in [6.45, 7) is 0.252. The maximum absolute atomic E-state index is 11.7. The van der Waals surface area contributed by atoms with E-state index in [0.29, 0.717) is 16.3 Å². The fourth-order valence-corrected chi connectivity index (χ4v) is 2.36. The number of aromatic nitrogens is 2. The number of methoxy groups -OCH3 is 1. The summed E-state index contributed by atoms with van der Waals surface area (Å²) in [6.07, 6.45) is 1.51. The van der Waals surface area contributed by atoms with Crippen LogP contribution in [0.1, 0.15) is 23.3 Å². The molecule has 1 fully saturated rings. The lowest BCUT2D eigenvalue weighted by atomic mass is 9.98. The molecule has 2 N–H and O–H groups in total. The van der Waals surface area contributed by atoms with E-state index >= 15 is 0 Å². The van der Waals surface area contributed by atoms with Crippen molar-refractivity contribution in [2.45, 2.75) is 12.1 Å². The highest BCUT2D eigenvalue weighted by Crippen LogP contribution is 2.42. The maximum atomic E-state index is 11.7. The highest BCUT2D eigenvalue weighted by molar-refractivity contribution is 5.87. The summed E-state index contributed by atoms with van der Waals surface area (Å²) in [5, 5.41) is 16.8. The molecule has 8 nitrogen and oxygen atoms in total. The molecule has 90 valence electrons. The van der Waals surface area contributed by atoms with Gasteiger partial charge in [-0.3, -0.25) is 10.3 Å². The molecule has 0 spiro atoms. The lowest BCUT2D eigenvalue weighted by molar-refractivity contribution is -0.146. The van der Waals surface area contributed by atoms with E-state index in [4.69, 9.17) is 0 Å². The minimum absolute atomic E-state index is 0.252. The minimum atomic E-state index is -0.863. The molecule has 0 radical (unpaired) electrons. The van der Waals surface area contributed by atoms with Crippen LogP contribution in [0.5, 0.6) is 0 Å². The molecule has 0 aliphatic carbocycles. The van der Waals surface area contributed by atoms with Gasteiger partial charge in [-0.25, -0.2) is 9.59 Å². The predicted molar refractivity (Wildman–Crippen MR) is 51.8 cm³/mol. The van der Waals surface area contributed by atoms with Crippen LogP contribution in [-0.2, 0) is 9.53 Å². The van der Waals surface area contributed by atoms with Crippen molar-refractivity contribution < 1.29 is 19.5 Å². The minimum Gasteiger partial charge on any atom is -0.467 e. The standard InChI is InChI=1S/C9H10N4O4/c1-17-8(14)7-6-4(2-10-11-6)5-3-12(7)9(15)13(5)16/h2,5,7,16H,3H2,1H3,(H,10,11)/t5-,7+/m1/s1. The number of esters is 1. The molecule has 1 aromatic rings. The molecule has 0 unspecified atom stereocenters. The predicted octanol–water partition coefficient (Wildman–Crippen LogP) is -0.195. The fraction of sp³-hybridized carbons (Fsp3) is 0.444. The number of nitrogens with zero attached hydrogens (tertiary/aromatic N) is 3. The van der Waals surface area contributed by atoms with E-state index in [1.165, 1.54) is 18.2 Å². The second kappa shape index (κ2) is 3.20. The number of fused-ring (bicyclic) bond motifs is 4. The van der Waals surface area contributed by atoms with E-state index in [1.807, 2.05) is 0 Å². The molecular weight excluding hydrogens is 228 g/mol. The van der Waals surface area contributed by atoms with E-state index < -0.39 is 24.1 Å². The molecule has 3 heterocycles. The van der Waals surface area contributed by atoms with Crippen molar-refractivity contribution in [3.63, 3.8) is 0 Å². The number of amides is 2. The van der Waals surface area contributed by atoms with E-state index in [1.54, 1.807) is 0 Å². The lowest BCUT2D eigenvalue weighted by Gasteiger charge is -2.27. The Morgan fingerprint density at radius 3 is 3.18 bits per heavy atom. The molecule has 17 heavy (non-hydrogen) atoms. The van der Waals surface area contributed by atoms with Crippen molar-refractivity contribution in [3.8, 4) is 0 Å². The van der Waals surface area contributed by atoms with Gasteiger partial charge < -0.3 is 9.64 Å². The highest BCUT2D eigenvalue weighted by atomic mass is 16.5. The summed E-state index contributed by atoms with van der Waals surface area (Å²) < 4.78 is 4.67. The van der Waals surface area contributed by atoms with Gasteiger partial charge in [-0.1, -0.05) is 0 Å². The van der Waals surface area contributed by atoms with Crippen molar-refractivity contribution >= 4 is 12.0 Å². The van der Waals surface area contributed by atoms with Gasteiger partial charge in [0.2, 0.25) is 0 Å². The van der Waals surface area contributed by atoms with Crippen LogP contribution in [0.15, 0.2) is 6.20 Å². The Hall–Kier alpha value is -2.09. The van der Waals surface area contributed by atoms with Gasteiger partial charge in [0, 0.05) is 5.56 Å². The first-order valence-electron chi connectivity index (χ1n) is 5.05. The molecule has 3 rings (SSSR count). The lowest BCUT2D eigenvalue weighted by Crippen LogP contribution is -2.38. The number of nitrogens with one attached hydrogen (secondary N) is 1. The van der Waals surface area contributed by atoms with Crippen LogP contribution in [0.3, 0.4) is 0 Å². The van der Waals surface area contributed by atoms with Crippen molar-refractivity contribution in [3.05, 3.63) is 17.5 Å². The number of ether oxygens (including phenoxy) is 1. The van der Waals surface area contributed by atoms with Crippen LogP contribution in [0.25, 0.3) is 0 Å². The third-order valence-electron chi connectivity index (χ3n) is 3.17. The van der Waals surface area contributed by atoms with Crippen molar-refractivity contribution in [2.75, 3.05) is 13.7 Å². The first-order valence-corrected chi connectivity index (χ1v) is 5.05. The zero-order chi connectivity index (χ0) is 12.2. The Morgan fingerprint density at radius 1 is 1.71 bits per heavy atom.